The predicted molar refractivity (Wildman–Crippen MR) is 79.7 cm³/mol. The number of nitrogens with zero attached hydrogens (tertiary/aromatic N) is 2. The van der Waals surface area contributed by atoms with Crippen molar-refractivity contribution < 1.29 is 4.42 Å². The number of aryl methyl sites for hydroxylation is 2. The maximum Gasteiger partial charge on any atom is 0.117 e. The van der Waals surface area contributed by atoms with Gasteiger partial charge in [0.05, 0.1) is 17.6 Å². The van der Waals surface area contributed by atoms with E-state index in [1.54, 1.807) is 0 Å². The fourth-order valence-electron chi connectivity index (χ4n) is 2.46. The zero-order valence-corrected chi connectivity index (χ0v) is 12.1. The molecule has 20 heavy (non-hydrogen) atoms. The molecule has 0 unspecified atom stereocenters. The number of rotatable bonds is 4. The Kier molecular flexibility index (Phi) is 3.32. The van der Waals surface area contributed by atoms with Crippen molar-refractivity contribution in [3.8, 4) is 0 Å². The predicted octanol–water partition coefficient (Wildman–Crippen LogP) is 2.78. The van der Waals surface area contributed by atoms with E-state index < -0.39 is 0 Å². The molecular formula is C16H19N3O. The highest BCUT2D eigenvalue weighted by atomic mass is 16.3. The van der Waals surface area contributed by atoms with Crippen molar-refractivity contribution in [2.24, 2.45) is 7.05 Å². The third kappa shape index (κ3) is 2.34. The topological polar surface area (TPSA) is 43.0 Å². The Bertz CT molecular complexity index is 739. The number of benzene rings is 1. The van der Waals surface area contributed by atoms with Crippen LogP contribution in [0.3, 0.4) is 0 Å². The van der Waals surface area contributed by atoms with E-state index >= 15 is 0 Å². The molecule has 3 aromatic rings. The summed E-state index contributed by atoms with van der Waals surface area (Å²) in [5.74, 6) is 2.99. The average molecular weight is 269 g/mol. The van der Waals surface area contributed by atoms with Gasteiger partial charge in [-0.25, -0.2) is 4.98 Å². The number of imidazole rings is 1. The summed E-state index contributed by atoms with van der Waals surface area (Å²) in [7, 11) is 3.96. The summed E-state index contributed by atoms with van der Waals surface area (Å²) in [5, 5.41) is 3.09. The van der Waals surface area contributed by atoms with Crippen molar-refractivity contribution in [2.45, 2.75) is 19.9 Å². The molecule has 0 saturated carbocycles. The van der Waals surface area contributed by atoms with Gasteiger partial charge in [-0.2, -0.15) is 0 Å². The summed E-state index contributed by atoms with van der Waals surface area (Å²) in [4.78, 5) is 4.57. The number of hydrogen-bond acceptors (Lipinski definition) is 3. The van der Waals surface area contributed by atoms with Crippen molar-refractivity contribution in [3.63, 3.8) is 0 Å². The Morgan fingerprint density at radius 1 is 1.20 bits per heavy atom. The Balaban J connectivity index is 1.86. The van der Waals surface area contributed by atoms with E-state index in [0.29, 0.717) is 0 Å². The second-order valence-electron chi connectivity index (χ2n) is 5.12. The lowest BCUT2D eigenvalue weighted by Gasteiger charge is -2.00. The minimum absolute atomic E-state index is 0.762. The van der Waals surface area contributed by atoms with Crippen LogP contribution in [0.25, 0.3) is 11.0 Å². The first kappa shape index (κ1) is 12.9. The van der Waals surface area contributed by atoms with Crippen LogP contribution in [0.4, 0.5) is 0 Å². The summed E-state index contributed by atoms with van der Waals surface area (Å²) in [5.41, 5.74) is 3.44. The van der Waals surface area contributed by atoms with Crippen LogP contribution < -0.4 is 5.32 Å². The number of furan rings is 1. The Morgan fingerprint density at radius 3 is 2.80 bits per heavy atom. The van der Waals surface area contributed by atoms with Gasteiger partial charge in [-0.05, 0) is 43.8 Å². The quantitative estimate of drug-likeness (QED) is 0.792. The third-order valence-corrected chi connectivity index (χ3v) is 3.62. The van der Waals surface area contributed by atoms with E-state index in [-0.39, 0.29) is 0 Å². The largest absolute Gasteiger partial charge is 0.464 e. The van der Waals surface area contributed by atoms with Crippen molar-refractivity contribution >= 4 is 11.0 Å². The summed E-state index contributed by atoms with van der Waals surface area (Å²) in [6, 6.07) is 10.5. The second kappa shape index (κ2) is 5.13. The highest BCUT2D eigenvalue weighted by Gasteiger charge is 2.07. The van der Waals surface area contributed by atoms with Crippen LogP contribution in [0.5, 0.6) is 0 Å². The molecule has 1 N–H and O–H groups in total. The molecule has 0 radical (unpaired) electrons. The van der Waals surface area contributed by atoms with E-state index in [0.717, 1.165) is 35.8 Å². The van der Waals surface area contributed by atoms with Gasteiger partial charge in [-0.3, -0.25) is 0 Å². The van der Waals surface area contributed by atoms with Crippen molar-refractivity contribution in [2.75, 3.05) is 7.05 Å². The highest BCUT2D eigenvalue weighted by molar-refractivity contribution is 5.76. The molecule has 0 atom stereocenters. The zero-order valence-electron chi connectivity index (χ0n) is 12.1. The van der Waals surface area contributed by atoms with Crippen molar-refractivity contribution in [1.29, 1.82) is 0 Å². The molecule has 0 amide bonds. The first-order valence-electron chi connectivity index (χ1n) is 6.81. The lowest BCUT2D eigenvalue weighted by molar-refractivity contribution is 0.462. The SMILES string of the molecule is CNCc1ccc(Cc2ccc3c(c2)nc(C)n3C)o1. The summed E-state index contributed by atoms with van der Waals surface area (Å²) >= 11 is 0. The zero-order chi connectivity index (χ0) is 14.1. The molecule has 4 heteroatoms. The number of nitrogens with one attached hydrogen (secondary N) is 1. The van der Waals surface area contributed by atoms with Crippen molar-refractivity contribution in [1.82, 2.24) is 14.9 Å². The van der Waals surface area contributed by atoms with Gasteiger partial charge in [0.15, 0.2) is 0 Å². The lowest BCUT2D eigenvalue weighted by atomic mass is 10.1. The van der Waals surface area contributed by atoms with Gasteiger partial charge >= 0.3 is 0 Å². The maximum atomic E-state index is 5.78. The second-order valence-corrected chi connectivity index (χ2v) is 5.12. The minimum Gasteiger partial charge on any atom is -0.464 e. The maximum absolute atomic E-state index is 5.78. The molecule has 0 saturated heterocycles. The van der Waals surface area contributed by atoms with Crippen LogP contribution in [0.2, 0.25) is 0 Å². The highest BCUT2D eigenvalue weighted by Crippen LogP contribution is 2.19. The van der Waals surface area contributed by atoms with E-state index in [1.807, 2.05) is 33.2 Å². The van der Waals surface area contributed by atoms with Crippen LogP contribution >= 0.6 is 0 Å². The molecular weight excluding hydrogens is 250 g/mol. The lowest BCUT2D eigenvalue weighted by Crippen LogP contribution is -2.03. The van der Waals surface area contributed by atoms with Gasteiger partial charge in [0.1, 0.15) is 17.3 Å². The Morgan fingerprint density at radius 2 is 2.00 bits per heavy atom. The van der Waals surface area contributed by atoms with Gasteiger partial charge in [0.25, 0.3) is 0 Å². The minimum atomic E-state index is 0.762. The van der Waals surface area contributed by atoms with Gasteiger partial charge < -0.3 is 14.3 Å². The summed E-state index contributed by atoms with van der Waals surface area (Å²) in [6.45, 7) is 2.79. The fourth-order valence-corrected chi connectivity index (χ4v) is 2.46. The number of aromatic nitrogens is 2. The molecule has 0 bridgehead atoms. The van der Waals surface area contributed by atoms with Crippen LogP contribution in [-0.2, 0) is 20.0 Å². The van der Waals surface area contributed by atoms with E-state index in [1.165, 1.54) is 11.1 Å². The number of fused-ring (bicyclic) bond motifs is 1. The molecule has 0 spiro atoms. The van der Waals surface area contributed by atoms with Crippen LogP contribution in [0.15, 0.2) is 34.7 Å². The molecule has 0 aliphatic rings. The van der Waals surface area contributed by atoms with Gasteiger partial charge in [0.2, 0.25) is 0 Å². The fraction of sp³-hybridized carbons (Fsp3) is 0.312. The molecule has 0 fully saturated rings. The van der Waals surface area contributed by atoms with Crippen LogP contribution in [0, 0.1) is 6.92 Å². The van der Waals surface area contributed by atoms with Gasteiger partial charge in [-0.1, -0.05) is 6.07 Å². The first-order valence-corrected chi connectivity index (χ1v) is 6.81. The first-order chi connectivity index (χ1) is 9.67. The molecule has 3 rings (SSSR count). The van der Waals surface area contributed by atoms with Crippen LogP contribution in [0.1, 0.15) is 22.9 Å². The summed E-state index contributed by atoms with van der Waals surface area (Å²) in [6.07, 6.45) is 0.801. The normalized spacial score (nSPS) is 11.3. The average Bonchev–Trinajstić information content (AvgIpc) is 2.96. The Labute approximate surface area is 118 Å². The molecule has 2 heterocycles. The summed E-state index contributed by atoms with van der Waals surface area (Å²) < 4.78 is 7.89. The number of hydrogen-bond donors (Lipinski definition) is 1. The van der Waals surface area contributed by atoms with Gasteiger partial charge in [0, 0.05) is 13.5 Å². The van der Waals surface area contributed by atoms with E-state index in [9.17, 15) is 0 Å². The van der Waals surface area contributed by atoms with Gasteiger partial charge in [-0.15, -0.1) is 0 Å². The molecule has 2 aromatic heterocycles. The molecule has 4 nitrogen and oxygen atoms in total. The monoisotopic (exact) mass is 269 g/mol. The smallest absolute Gasteiger partial charge is 0.117 e. The van der Waals surface area contributed by atoms with Crippen LogP contribution in [-0.4, -0.2) is 16.6 Å². The van der Waals surface area contributed by atoms with Crippen molar-refractivity contribution in [3.05, 3.63) is 53.2 Å². The molecule has 0 aliphatic heterocycles. The standard InChI is InChI=1S/C16H19N3O/c1-11-18-15-9-12(4-7-16(15)19(11)3)8-13-5-6-14(20-13)10-17-2/h4-7,9,17H,8,10H2,1-3H3. The van der Waals surface area contributed by atoms with E-state index in [2.05, 4.69) is 33.1 Å². The van der Waals surface area contributed by atoms with E-state index in [4.69, 9.17) is 4.42 Å². The molecule has 104 valence electrons. The molecule has 0 aliphatic carbocycles. The Hall–Kier alpha value is -2.07. The third-order valence-electron chi connectivity index (χ3n) is 3.62. The molecule has 1 aromatic carbocycles.